The fraction of sp³-hybridized carbons (Fsp3) is 0.320. The molecule has 0 aliphatic carbocycles. The van der Waals surface area contributed by atoms with E-state index < -0.39 is 0 Å². The van der Waals surface area contributed by atoms with Crippen molar-refractivity contribution in [3.05, 3.63) is 59.9 Å². The Morgan fingerprint density at radius 2 is 1.93 bits per heavy atom. The third-order valence-electron chi connectivity index (χ3n) is 5.11. The van der Waals surface area contributed by atoms with Crippen molar-refractivity contribution in [2.45, 2.75) is 40.0 Å². The van der Waals surface area contributed by atoms with Gasteiger partial charge in [-0.25, -0.2) is 0 Å². The molecule has 2 aromatic carbocycles. The van der Waals surface area contributed by atoms with Crippen LogP contribution in [-0.4, -0.2) is 19.6 Å². The van der Waals surface area contributed by atoms with Crippen molar-refractivity contribution in [1.82, 2.24) is 5.32 Å². The van der Waals surface area contributed by atoms with Gasteiger partial charge in [0.05, 0.1) is 13.4 Å². The molecule has 29 heavy (non-hydrogen) atoms. The van der Waals surface area contributed by atoms with E-state index in [1.165, 1.54) is 5.56 Å². The molecule has 4 nitrogen and oxygen atoms in total. The van der Waals surface area contributed by atoms with Gasteiger partial charge in [-0.15, -0.1) is 0 Å². The number of hydrogen-bond acceptors (Lipinski definition) is 3. The average molecular weight is 392 g/mol. The SMILES string of the molecule is CCCCCNC(=O)/C=C(\C)c1cc2c(-c3ccc(C)cc3)coc2cc1OC. The number of allylic oxidation sites excluding steroid dienone is 1. The number of amides is 1. The van der Waals surface area contributed by atoms with Crippen molar-refractivity contribution in [3.8, 4) is 16.9 Å². The number of hydrogen-bond donors (Lipinski definition) is 1. The number of ether oxygens (including phenoxy) is 1. The van der Waals surface area contributed by atoms with E-state index in [0.717, 1.165) is 52.5 Å². The van der Waals surface area contributed by atoms with Crippen LogP contribution < -0.4 is 10.1 Å². The first-order valence-electron chi connectivity index (χ1n) is 10.2. The molecule has 0 saturated heterocycles. The van der Waals surface area contributed by atoms with Gasteiger partial charge in [-0.1, -0.05) is 49.6 Å². The molecule has 1 amide bonds. The lowest BCUT2D eigenvalue weighted by atomic mass is 9.99. The van der Waals surface area contributed by atoms with E-state index in [4.69, 9.17) is 9.15 Å². The standard InChI is InChI=1S/C25H29NO3/c1-5-6-7-12-26-25(27)13-18(3)20-14-21-22(19-10-8-17(2)9-11-19)16-29-24(21)15-23(20)28-4/h8-11,13-16H,5-7,12H2,1-4H3,(H,26,27)/b18-13+. The van der Waals surface area contributed by atoms with Gasteiger partial charge in [0.2, 0.25) is 5.91 Å². The molecule has 152 valence electrons. The Balaban J connectivity index is 1.94. The minimum Gasteiger partial charge on any atom is -0.496 e. The van der Waals surface area contributed by atoms with Gasteiger partial charge in [0, 0.05) is 35.2 Å². The number of carbonyl (C=O) groups is 1. The summed E-state index contributed by atoms with van der Waals surface area (Å²) in [6.45, 7) is 6.85. The molecule has 3 aromatic rings. The molecular weight excluding hydrogens is 362 g/mol. The number of rotatable bonds is 8. The van der Waals surface area contributed by atoms with Crippen molar-refractivity contribution in [1.29, 1.82) is 0 Å². The summed E-state index contributed by atoms with van der Waals surface area (Å²) in [7, 11) is 1.63. The largest absolute Gasteiger partial charge is 0.496 e. The predicted molar refractivity (Wildman–Crippen MR) is 119 cm³/mol. The van der Waals surface area contributed by atoms with E-state index in [1.54, 1.807) is 19.4 Å². The highest BCUT2D eigenvalue weighted by atomic mass is 16.5. The van der Waals surface area contributed by atoms with Crippen LogP contribution in [0.1, 0.15) is 44.2 Å². The van der Waals surface area contributed by atoms with Gasteiger partial charge in [0.25, 0.3) is 0 Å². The van der Waals surface area contributed by atoms with Crippen molar-refractivity contribution in [2.75, 3.05) is 13.7 Å². The third-order valence-corrected chi connectivity index (χ3v) is 5.11. The van der Waals surface area contributed by atoms with Crippen LogP contribution in [-0.2, 0) is 4.79 Å². The van der Waals surface area contributed by atoms with Crippen LogP contribution in [0.2, 0.25) is 0 Å². The van der Waals surface area contributed by atoms with E-state index in [9.17, 15) is 4.79 Å². The Kier molecular flexibility index (Phi) is 6.76. The Morgan fingerprint density at radius 3 is 2.62 bits per heavy atom. The number of aryl methyl sites for hydroxylation is 1. The zero-order valence-electron chi connectivity index (χ0n) is 17.7. The average Bonchev–Trinajstić information content (AvgIpc) is 3.13. The summed E-state index contributed by atoms with van der Waals surface area (Å²) in [5, 5.41) is 3.96. The van der Waals surface area contributed by atoms with Gasteiger partial charge in [0.15, 0.2) is 0 Å². The van der Waals surface area contributed by atoms with Crippen LogP contribution >= 0.6 is 0 Å². The summed E-state index contributed by atoms with van der Waals surface area (Å²) in [6, 6.07) is 12.3. The van der Waals surface area contributed by atoms with Crippen LogP contribution in [0.4, 0.5) is 0 Å². The molecule has 0 aliphatic rings. The maximum atomic E-state index is 12.3. The lowest BCUT2D eigenvalue weighted by Crippen LogP contribution is -2.22. The first kappa shape index (κ1) is 20.7. The number of benzene rings is 2. The first-order chi connectivity index (χ1) is 14.0. The second-order valence-corrected chi connectivity index (χ2v) is 7.39. The molecule has 0 radical (unpaired) electrons. The number of carbonyl (C=O) groups excluding carboxylic acids is 1. The van der Waals surface area contributed by atoms with E-state index in [-0.39, 0.29) is 5.91 Å². The van der Waals surface area contributed by atoms with Crippen molar-refractivity contribution in [3.63, 3.8) is 0 Å². The zero-order chi connectivity index (χ0) is 20.8. The monoisotopic (exact) mass is 391 g/mol. The number of furan rings is 1. The topological polar surface area (TPSA) is 51.5 Å². The van der Waals surface area contributed by atoms with E-state index in [2.05, 4.69) is 43.4 Å². The van der Waals surface area contributed by atoms with E-state index in [0.29, 0.717) is 12.3 Å². The summed E-state index contributed by atoms with van der Waals surface area (Å²) in [4.78, 5) is 12.3. The van der Waals surface area contributed by atoms with Crippen LogP contribution in [0.5, 0.6) is 5.75 Å². The highest BCUT2D eigenvalue weighted by Gasteiger charge is 2.15. The fourth-order valence-corrected chi connectivity index (χ4v) is 3.40. The molecule has 3 rings (SSSR count). The van der Waals surface area contributed by atoms with Gasteiger partial charge in [0.1, 0.15) is 11.3 Å². The second kappa shape index (κ2) is 9.46. The van der Waals surface area contributed by atoms with E-state index in [1.807, 2.05) is 19.1 Å². The minimum absolute atomic E-state index is 0.0771. The Bertz CT molecular complexity index is 1010. The molecule has 0 aliphatic heterocycles. The molecule has 1 heterocycles. The maximum absolute atomic E-state index is 12.3. The Hall–Kier alpha value is -3.01. The van der Waals surface area contributed by atoms with Crippen LogP contribution in [0.15, 0.2) is 53.2 Å². The van der Waals surface area contributed by atoms with E-state index >= 15 is 0 Å². The molecule has 0 bridgehead atoms. The van der Waals surface area contributed by atoms with Gasteiger partial charge in [-0.2, -0.15) is 0 Å². The highest BCUT2D eigenvalue weighted by molar-refractivity contribution is 6.00. The summed E-state index contributed by atoms with van der Waals surface area (Å²) in [6.07, 6.45) is 6.67. The minimum atomic E-state index is -0.0771. The summed E-state index contributed by atoms with van der Waals surface area (Å²) in [5.74, 6) is 0.613. The number of fused-ring (bicyclic) bond motifs is 1. The van der Waals surface area contributed by atoms with Crippen molar-refractivity contribution in [2.24, 2.45) is 0 Å². The first-order valence-corrected chi connectivity index (χ1v) is 10.2. The summed E-state index contributed by atoms with van der Waals surface area (Å²) >= 11 is 0. The van der Waals surface area contributed by atoms with Gasteiger partial charge >= 0.3 is 0 Å². The lowest BCUT2D eigenvalue weighted by molar-refractivity contribution is -0.116. The zero-order valence-corrected chi connectivity index (χ0v) is 17.7. The normalized spacial score (nSPS) is 11.7. The van der Waals surface area contributed by atoms with Crippen LogP contribution in [0.3, 0.4) is 0 Å². The molecule has 0 saturated carbocycles. The smallest absolute Gasteiger partial charge is 0.244 e. The summed E-state index contributed by atoms with van der Waals surface area (Å²) < 4.78 is 11.4. The number of nitrogens with one attached hydrogen (secondary N) is 1. The summed E-state index contributed by atoms with van der Waals surface area (Å²) in [5.41, 5.74) is 5.85. The van der Waals surface area contributed by atoms with Crippen molar-refractivity contribution >= 4 is 22.4 Å². The lowest BCUT2D eigenvalue weighted by Gasteiger charge is -2.10. The quantitative estimate of drug-likeness (QED) is 0.371. The molecular formula is C25H29NO3. The van der Waals surface area contributed by atoms with Crippen LogP contribution in [0.25, 0.3) is 27.7 Å². The second-order valence-electron chi connectivity index (χ2n) is 7.39. The molecule has 1 N–H and O–H groups in total. The van der Waals surface area contributed by atoms with Gasteiger partial charge < -0.3 is 14.5 Å². The molecule has 4 heteroatoms. The molecule has 1 aromatic heterocycles. The van der Waals surface area contributed by atoms with Crippen molar-refractivity contribution < 1.29 is 13.9 Å². The number of methoxy groups -OCH3 is 1. The number of unbranched alkanes of at least 4 members (excludes halogenated alkanes) is 2. The Morgan fingerprint density at radius 1 is 1.17 bits per heavy atom. The van der Waals surface area contributed by atoms with Gasteiger partial charge in [-0.05, 0) is 37.5 Å². The third kappa shape index (κ3) is 4.89. The molecule has 0 unspecified atom stereocenters. The maximum Gasteiger partial charge on any atom is 0.244 e. The highest BCUT2D eigenvalue weighted by Crippen LogP contribution is 2.37. The fourth-order valence-electron chi connectivity index (χ4n) is 3.40. The predicted octanol–water partition coefficient (Wildman–Crippen LogP) is 6.13. The Labute approximate surface area is 172 Å². The van der Waals surface area contributed by atoms with Crippen LogP contribution in [0, 0.1) is 6.92 Å². The molecule has 0 fully saturated rings. The molecule has 0 spiro atoms. The molecule has 0 atom stereocenters. The van der Waals surface area contributed by atoms with Gasteiger partial charge in [-0.3, -0.25) is 4.79 Å².